The third-order valence-electron chi connectivity index (χ3n) is 3.71. The van der Waals surface area contributed by atoms with Gasteiger partial charge >= 0.3 is 10.4 Å². The predicted octanol–water partition coefficient (Wildman–Crippen LogP) is 3.00. The average Bonchev–Trinajstić information content (AvgIpc) is 3.10. The van der Waals surface area contributed by atoms with Crippen molar-refractivity contribution < 1.29 is 17.2 Å². The molecule has 2 aromatic rings. The van der Waals surface area contributed by atoms with Gasteiger partial charge in [-0.05, 0) is 51.5 Å². The van der Waals surface area contributed by atoms with E-state index < -0.39 is 16.6 Å². The third-order valence-corrected chi connectivity index (χ3v) is 4.82. The average molecular weight is 389 g/mol. The molecule has 0 saturated carbocycles. The van der Waals surface area contributed by atoms with Crippen LogP contribution in [0, 0.1) is 13.8 Å². The van der Waals surface area contributed by atoms with E-state index in [1.165, 1.54) is 4.68 Å². The summed E-state index contributed by atoms with van der Waals surface area (Å²) in [6, 6.07) is 3.81. The summed E-state index contributed by atoms with van der Waals surface area (Å²) in [6.07, 6.45) is 6.10. The maximum Gasteiger partial charge on any atom is 0.399 e. The Morgan fingerprint density at radius 3 is 2.60 bits per heavy atom. The molecule has 1 atom stereocenters. The lowest BCUT2D eigenvalue weighted by molar-refractivity contribution is 0.0939. The van der Waals surface area contributed by atoms with E-state index in [0.717, 1.165) is 42.2 Å². The van der Waals surface area contributed by atoms with Crippen LogP contribution in [0.25, 0.3) is 0 Å². The molecule has 2 rings (SSSR count). The predicted molar refractivity (Wildman–Crippen MR) is 95.8 cm³/mol. The third kappa shape index (κ3) is 6.46. The Morgan fingerprint density at radius 2 is 2.04 bits per heavy atom. The number of hydrogen-bond donors (Lipinski definition) is 1. The number of aromatic nitrogens is 4. The fourth-order valence-corrected chi connectivity index (χ4v) is 3.48. The Balaban J connectivity index is 1.86. The monoisotopic (exact) mass is 388 g/mol. The van der Waals surface area contributed by atoms with Gasteiger partial charge in [-0.15, -0.1) is 11.8 Å². The molecule has 0 bridgehead atoms. The Morgan fingerprint density at radius 1 is 1.28 bits per heavy atom. The van der Waals surface area contributed by atoms with Crippen LogP contribution in [0.3, 0.4) is 0 Å². The molecular formula is C15H24N4O4S2. The number of unbranched alkanes of at least 4 members (excludes halogenated alkanes) is 2. The van der Waals surface area contributed by atoms with Gasteiger partial charge in [0, 0.05) is 18.4 Å². The van der Waals surface area contributed by atoms with Crippen molar-refractivity contribution in [3.8, 4) is 0 Å². The molecule has 10 heteroatoms. The summed E-state index contributed by atoms with van der Waals surface area (Å²) in [5.74, 6) is 0. The van der Waals surface area contributed by atoms with E-state index in [4.69, 9.17) is 8.74 Å². The Hall–Kier alpha value is -1.36. The second-order valence-corrected chi connectivity index (χ2v) is 7.70. The van der Waals surface area contributed by atoms with E-state index in [0.29, 0.717) is 6.42 Å². The van der Waals surface area contributed by atoms with Crippen molar-refractivity contribution in [2.24, 2.45) is 0 Å². The van der Waals surface area contributed by atoms with Gasteiger partial charge in [-0.25, -0.2) is 8.86 Å². The molecule has 0 aliphatic rings. The van der Waals surface area contributed by atoms with Gasteiger partial charge in [0.2, 0.25) is 0 Å². The molecule has 0 aliphatic carbocycles. The van der Waals surface area contributed by atoms with Crippen molar-refractivity contribution in [3.05, 3.63) is 29.7 Å². The van der Waals surface area contributed by atoms with Gasteiger partial charge in [-0.3, -0.25) is 9.23 Å². The lowest BCUT2D eigenvalue weighted by atomic mass is 10.2. The molecule has 0 fully saturated rings. The fraction of sp³-hybridized carbons (Fsp3) is 0.600. The van der Waals surface area contributed by atoms with Gasteiger partial charge in [-0.2, -0.15) is 18.6 Å². The van der Waals surface area contributed by atoms with E-state index in [1.807, 2.05) is 43.1 Å². The first-order valence-electron chi connectivity index (χ1n) is 8.04. The van der Waals surface area contributed by atoms with E-state index in [9.17, 15) is 8.42 Å². The highest BCUT2D eigenvalue weighted by molar-refractivity contribution is 7.98. The second-order valence-electron chi connectivity index (χ2n) is 5.82. The maximum atomic E-state index is 11.1. The standard InChI is InChI=1S/C15H24N4O4S2/c1-12-11-13(2)19(16-12)15(23-25(20,21)22)7-5-4-6-9-18-10-8-14(17-18)24-3/h8,10-11,15H,4-7,9H2,1-3H3,(H,20,21,22). The second kappa shape index (κ2) is 8.84. The van der Waals surface area contributed by atoms with Crippen molar-refractivity contribution in [1.82, 2.24) is 19.6 Å². The Kier molecular flexibility index (Phi) is 7.05. The van der Waals surface area contributed by atoms with Crippen LogP contribution in [0.15, 0.2) is 23.4 Å². The van der Waals surface area contributed by atoms with E-state index in [1.54, 1.807) is 11.8 Å². The summed E-state index contributed by atoms with van der Waals surface area (Å²) in [4.78, 5) is 0. The van der Waals surface area contributed by atoms with Crippen LogP contribution in [-0.2, 0) is 21.1 Å². The number of hydrogen-bond acceptors (Lipinski definition) is 6. The van der Waals surface area contributed by atoms with Gasteiger partial charge in [0.1, 0.15) is 5.03 Å². The number of nitrogens with zero attached hydrogens (tertiary/aromatic N) is 4. The van der Waals surface area contributed by atoms with Crippen molar-refractivity contribution in [2.45, 2.75) is 57.3 Å². The minimum atomic E-state index is -4.54. The highest BCUT2D eigenvalue weighted by atomic mass is 32.3. The van der Waals surface area contributed by atoms with Crippen LogP contribution in [0.5, 0.6) is 0 Å². The highest BCUT2D eigenvalue weighted by Gasteiger charge is 2.21. The normalized spacial score (nSPS) is 13.3. The van der Waals surface area contributed by atoms with Gasteiger partial charge < -0.3 is 0 Å². The molecule has 0 amide bonds. The smallest absolute Gasteiger partial charge is 0.272 e. The van der Waals surface area contributed by atoms with Gasteiger partial charge in [-0.1, -0.05) is 6.42 Å². The van der Waals surface area contributed by atoms with Crippen LogP contribution in [0.4, 0.5) is 0 Å². The molecule has 0 spiro atoms. The Labute approximate surface area is 152 Å². The number of thioether (sulfide) groups is 1. The summed E-state index contributed by atoms with van der Waals surface area (Å²) in [7, 11) is -4.54. The first kappa shape index (κ1) is 20.0. The SMILES string of the molecule is CSc1ccn(CCCCCC(OS(=O)(=O)O)n2nc(C)cc2C)n1. The van der Waals surface area contributed by atoms with Gasteiger partial charge in [0.15, 0.2) is 6.23 Å². The van der Waals surface area contributed by atoms with Gasteiger partial charge in [0.05, 0.1) is 5.69 Å². The van der Waals surface area contributed by atoms with Crippen LogP contribution < -0.4 is 0 Å². The van der Waals surface area contributed by atoms with Crippen molar-refractivity contribution in [3.63, 3.8) is 0 Å². The summed E-state index contributed by atoms with van der Waals surface area (Å²) in [5.41, 5.74) is 1.55. The molecule has 1 unspecified atom stereocenters. The Bertz CT molecular complexity index is 785. The summed E-state index contributed by atoms with van der Waals surface area (Å²) in [5, 5.41) is 9.65. The van der Waals surface area contributed by atoms with E-state index in [2.05, 4.69) is 10.2 Å². The summed E-state index contributed by atoms with van der Waals surface area (Å²) >= 11 is 1.60. The summed E-state index contributed by atoms with van der Waals surface area (Å²) < 4.78 is 39.5. The largest absolute Gasteiger partial charge is 0.399 e. The molecule has 2 heterocycles. The quantitative estimate of drug-likeness (QED) is 0.379. The molecule has 8 nitrogen and oxygen atoms in total. The topological polar surface area (TPSA) is 99.2 Å². The first-order chi connectivity index (χ1) is 11.8. The maximum absolute atomic E-state index is 11.1. The van der Waals surface area contributed by atoms with Crippen molar-refractivity contribution in [1.29, 1.82) is 0 Å². The molecule has 0 aliphatic heterocycles. The molecule has 2 aromatic heterocycles. The molecule has 25 heavy (non-hydrogen) atoms. The van der Waals surface area contributed by atoms with Crippen molar-refractivity contribution in [2.75, 3.05) is 6.26 Å². The van der Waals surface area contributed by atoms with Crippen LogP contribution in [0.1, 0.15) is 43.3 Å². The van der Waals surface area contributed by atoms with Crippen molar-refractivity contribution >= 4 is 22.2 Å². The van der Waals surface area contributed by atoms with Crippen LogP contribution in [-0.4, -0.2) is 38.8 Å². The molecule has 0 aromatic carbocycles. The number of aryl methyl sites for hydroxylation is 3. The minimum absolute atomic E-state index is 0.441. The zero-order valence-electron chi connectivity index (χ0n) is 14.6. The molecule has 1 N–H and O–H groups in total. The van der Waals surface area contributed by atoms with E-state index in [-0.39, 0.29) is 0 Å². The lowest BCUT2D eigenvalue weighted by Gasteiger charge is -2.17. The van der Waals surface area contributed by atoms with Crippen LogP contribution in [0.2, 0.25) is 0 Å². The molecule has 0 radical (unpaired) electrons. The zero-order chi connectivity index (χ0) is 18.4. The highest BCUT2D eigenvalue weighted by Crippen LogP contribution is 2.21. The van der Waals surface area contributed by atoms with Gasteiger partial charge in [0.25, 0.3) is 0 Å². The van der Waals surface area contributed by atoms with Crippen LogP contribution >= 0.6 is 11.8 Å². The molecule has 140 valence electrons. The molecular weight excluding hydrogens is 364 g/mol. The minimum Gasteiger partial charge on any atom is -0.272 e. The number of rotatable bonds is 10. The summed E-state index contributed by atoms with van der Waals surface area (Å²) in [6.45, 7) is 4.45. The molecule has 0 saturated heterocycles. The first-order valence-corrected chi connectivity index (χ1v) is 10.6. The fourth-order valence-electron chi connectivity index (χ4n) is 2.64. The van der Waals surface area contributed by atoms with E-state index >= 15 is 0 Å². The zero-order valence-corrected chi connectivity index (χ0v) is 16.3. The lowest BCUT2D eigenvalue weighted by Crippen LogP contribution is -2.19.